The van der Waals surface area contributed by atoms with Gasteiger partial charge in [0.1, 0.15) is 0 Å². The normalized spacial score (nSPS) is 17.3. The molecule has 1 aliphatic rings. The molecule has 0 saturated carbocycles. The molecule has 0 spiro atoms. The van der Waals surface area contributed by atoms with E-state index in [1.807, 2.05) is 19.2 Å². The van der Waals surface area contributed by atoms with Crippen molar-refractivity contribution in [2.75, 3.05) is 13.6 Å². The van der Waals surface area contributed by atoms with Crippen LogP contribution in [0.4, 0.5) is 0 Å². The molecule has 4 nitrogen and oxygen atoms in total. The van der Waals surface area contributed by atoms with Gasteiger partial charge in [-0.25, -0.2) is 5.48 Å². The molecule has 1 atom stereocenters. The summed E-state index contributed by atoms with van der Waals surface area (Å²) < 4.78 is 0. The van der Waals surface area contributed by atoms with Gasteiger partial charge in [0.05, 0.1) is 6.54 Å². The molecule has 2 rings (SSSR count). The third-order valence-corrected chi connectivity index (χ3v) is 3.43. The van der Waals surface area contributed by atoms with Crippen molar-refractivity contribution >= 4 is 5.91 Å². The molecule has 1 aromatic carbocycles. The highest BCUT2D eigenvalue weighted by Crippen LogP contribution is 2.35. The fourth-order valence-corrected chi connectivity index (χ4v) is 2.50. The second-order valence-corrected chi connectivity index (χ2v) is 4.53. The minimum absolute atomic E-state index is 0.252. The van der Waals surface area contributed by atoms with Gasteiger partial charge in [0, 0.05) is 11.6 Å². The molecule has 1 aromatic rings. The largest absolute Gasteiger partial charge is 0.288 e. The molecule has 0 heterocycles. The minimum Gasteiger partial charge on any atom is -0.288 e. The van der Waals surface area contributed by atoms with E-state index < -0.39 is 5.91 Å². The Morgan fingerprint density at radius 1 is 1.67 bits per heavy atom. The summed E-state index contributed by atoms with van der Waals surface area (Å²) >= 11 is 0. The summed E-state index contributed by atoms with van der Waals surface area (Å²) in [4.78, 5) is 13.5. The number of nitrogens with zero attached hydrogens (tertiary/aromatic N) is 1. The Bertz CT molecular complexity index is 505. The van der Waals surface area contributed by atoms with Crippen molar-refractivity contribution in [1.29, 1.82) is 0 Å². The highest BCUT2D eigenvalue weighted by Gasteiger charge is 2.26. The Kier molecular flexibility index (Phi) is 3.66. The van der Waals surface area contributed by atoms with Crippen molar-refractivity contribution in [3.8, 4) is 12.3 Å². The molecule has 0 fully saturated rings. The number of fused-ring (bicyclic) bond motifs is 1. The third kappa shape index (κ3) is 2.23. The Hall–Kier alpha value is -1.83. The Labute approximate surface area is 107 Å². The lowest BCUT2D eigenvalue weighted by atomic mass is 10.0. The van der Waals surface area contributed by atoms with Gasteiger partial charge in [0.25, 0.3) is 5.91 Å². The van der Waals surface area contributed by atoms with Crippen LogP contribution in [0.25, 0.3) is 0 Å². The smallest absolute Gasteiger partial charge is 0.274 e. The lowest BCUT2D eigenvalue weighted by Gasteiger charge is -2.23. The number of terminal acetylenes is 1. The number of benzene rings is 1. The Morgan fingerprint density at radius 2 is 2.44 bits per heavy atom. The number of aryl methyl sites for hydroxylation is 1. The van der Waals surface area contributed by atoms with Crippen molar-refractivity contribution in [2.45, 2.75) is 18.9 Å². The SMILES string of the molecule is C#CCN(C)[C@H]1CCc2ccc(C(=O)NO)cc21. The summed E-state index contributed by atoms with van der Waals surface area (Å²) in [7, 11) is 1.98. The van der Waals surface area contributed by atoms with Crippen LogP contribution in [0.3, 0.4) is 0 Å². The molecule has 0 aliphatic heterocycles. The molecule has 0 aromatic heterocycles. The topological polar surface area (TPSA) is 52.6 Å². The van der Waals surface area contributed by atoms with Crippen LogP contribution in [0, 0.1) is 12.3 Å². The van der Waals surface area contributed by atoms with Gasteiger partial charge in [0.15, 0.2) is 0 Å². The van der Waals surface area contributed by atoms with Gasteiger partial charge >= 0.3 is 0 Å². The first-order valence-corrected chi connectivity index (χ1v) is 5.88. The lowest BCUT2D eigenvalue weighted by molar-refractivity contribution is 0.0706. The zero-order chi connectivity index (χ0) is 13.1. The monoisotopic (exact) mass is 244 g/mol. The minimum atomic E-state index is -0.483. The van der Waals surface area contributed by atoms with E-state index >= 15 is 0 Å². The second kappa shape index (κ2) is 5.21. The van der Waals surface area contributed by atoms with Gasteiger partial charge in [-0.1, -0.05) is 12.0 Å². The summed E-state index contributed by atoms with van der Waals surface area (Å²) in [5.74, 6) is 2.15. The molecule has 2 N–H and O–H groups in total. The highest BCUT2D eigenvalue weighted by atomic mass is 16.5. The lowest BCUT2D eigenvalue weighted by Crippen LogP contribution is -2.24. The van der Waals surface area contributed by atoms with Gasteiger partial charge in [-0.3, -0.25) is 14.9 Å². The molecular formula is C14H16N2O2. The molecule has 0 bridgehead atoms. The average molecular weight is 244 g/mol. The predicted molar refractivity (Wildman–Crippen MR) is 68.2 cm³/mol. The molecule has 94 valence electrons. The molecule has 4 heteroatoms. The van der Waals surface area contributed by atoms with E-state index in [-0.39, 0.29) is 6.04 Å². The fourth-order valence-electron chi connectivity index (χ4n) is 2.50. The summed E-state index contributed by atoms with van der Waals surface area (Å²) in [5, 5.41) is 8.66. The van der Waals surface area contributed by atoms with E-state index in [2.05, 4.69) is 10.8 Å². The van der Waals surface area contributed by atoms with Crippen molar-refractivity contribution < 1.29 is 10.0 Å². The maximum absolute atomic E-state index is 11.4. The molecule has 0 unspecified atom stereocenters. The number of carbonyl (C=O) groups is 1. The van der Waals surface area contributed by atoms with Crippen molar-refractivity contribution in [3.63, 3.8) is 0 Å². The van der Waals surface area contributed by atoms with Gasteiger partial charge in [-0.2, -0.15) is 0 Å². The van der Waals surface area contributed by atoms with E-state index in [1.165, 1.54) is 5.56 Å². The number of hydrogen-bond acceptors (Lipinski definition) is 3. The molecule has 0 saturated heterocycles. The molecule has 1 aliphatic carbocycles. The van der Waals surface area contributed by atoms with Gasteiger partial charge in [0.2, 0.25) is 0 Å². The summed E-state index contributed by atoms with van der Waals surface area (Å²) in [6, 6.07) is 5.77. The number of carbonyl (C=O) groups excluding carboxylic acids is 1. The number of nitrogens with one attached hydrogen (secondary N) is 1. The Balaban J connectivity index is 2.31. The van der Waals surface area contributed by atoms with Crippen LogP contribution in [0.5, 0.6) is 0 Å². The van der Waals surface area contributed by atoms with Crippen LogP contribution in [0.15, 0.2) is 18.2 Å². The van der Waals surface area contributed by atoms with Crippen LogP contribution in [-0.4, -0.2) is 29.6 Å². The second-order valence-electron chi connectivity index (χ2n) is 4.53. The van der Waals surface area contributed by atoms with Crippen LogP contribution in [0.1, 0.15) is 33.9 Å². The van der Waals surface area contributed by atoms with Crippen molar-refractivity contribution in [2.24, 2.45) is 0 Å². The maximum Gasteiger partial charge on any atom is 0.274 e. The average Bonchev–Trinajstić information content (AvgIpc) is 2.80. The quantitative estimate of drug-likeness (QED) is 0.479. The van der Waals surface area contributed by atoms with Crippen LogP contribution in [0.2, 0.25) is 0 Å². The first-order chi connectivity index (χ1) is 8.67. The van der Waals surface area contributed by atoms with Crippen LogP contribution >= 0.6 is 0 Å². The Morgan fingerprint density at radius 3 is 3.11 bits per heavy atom. The molecular weight excluding hydrogens is 228 g/mol. The van der Waals surface area contributed by atoms with E-state index in [0.29, 0.717) is 12.1 Å². The standard InChI is InChI=1S/C14H16N2O2/c1-3-8-16(2)13-7-6-10-4-5-11(9-12(10)13)14(17)15-18/h1,4-5,9,13,18H,6-8H2,2H3,(H,15,17)/t13-/m0/s1. The zero-order valence-corrected chi connectivity index (χ0v) is 10.3. The first-order valence-electron chi connectivity index (χ1n) is 5.88. The zero-order valence-electron chi connectivity index (χ0n) is 10.3. The van der Waals surface area contributed by atoms with Gasteiger partial charge in [-0.05, 0) is 43.1 Å². The number of rotatable bonds is 3. The number of amides is 1. The highest BCUT2D eigenvalue weighted by molar-refractivity contribution is 5.93. The van der Waals surface area contributed by atoms with E-state index in [0.717, 1.165) is 18.4 Å². The summed E-state index contributed by atoms with van der Waals surface area (Å²) in [5.41, 5.74) is 4.51. The fraction of sp³-hybridized carbons (Fsp3) is 0.357. The maximum atomic E-state index is 11.4. The van der Waals surface area contributed by atoms with Crippen LogP contribution in [-0.2, 0) is 6.42 Å². The van der Waals surface area contributed by atoms with Crippen LogP contribution < -0.4 is 5.48 Å². The number of hydroxylamine groups is 1. The van der Waals surface area contributed by atoms with Gasteiger partial charge in [-0.15, -0.1) is 6.42 Å². The first kappa shape index (κ1) is 12.6. The summed E-state index contributed by atoms with van der Waals surface area (Å²) in [6.45, 7) is 0.584. The molecule has 1 amide bonds. The van der Waals surface area contributed by atoms with E-state index in [1.54, 1.807) is 11.5 Å². The molecule has 18 heavy (non-hydrogen) atoms. The number of hydrogen-bond donors (Lipinski definition) is 2. The van der Waals surface area contributed by atoms with Gasteiger partial charge < -0.3 is 0 Å². The third-order valence-electron chi connectivity index (χ3n) is 3.43. The van der Waals surface area contributed by atoms with E-state index in [9.17, 15) is 4.79 Å². The van der Waals surface area contributed by atoms with Crippen molar-refractivity contribution in [3.05, 3.63) is 34.9 Å². The van der Waals surface area contributed by atoms with Crippen molar-refractivity contribution in [1.82, 2.24) is 10.4 Å². The summed E-state index contributed by atoms with van der Waals surface area (Å²) in [6.07, 6.45) is 7.34. The predicted octanol–water partition coefficient (Wildman–Crippen LogP) is 1.36. The molecule has 0 radical (unpaired) electrons. The van der Waals surface area contributed by atoms with E-state index in [4.69, 9.17) is 11.6 Å².